The zero-order valence-electron chi connectivity index (χ0n) is 13.6. The first-order valence-electron chi connectivity index (χ1n) is 8.09. The normalized spacial score (nSPS) is 19.2. The minimum atomic E-state index is -1.10. The van der Waals surface area contributed by atoms with Gasteiger partial charge in [-0.2, -0.15) is 0 Å². The Morgan fingerprint density at radius 2 is 2.00 bits per heavy atom. The molecule has 0 fully saturated rings. The van der Waals surface area contributed by atoms with Gasteiger partial charge in [0.1, 0.15) is 11.4 Å². The van der Waals surface area contributed by atoms with Gasteiger partial charge in [0.15, 0.2) is 0 Å². The Morgan fingerprint density at radius 1 is 1.25 bits per heavy atom. The number of carbonyl (C=O) groups is 1. The van der Waals surface area contributed by atoms with Gasteiger partial charge in [-0.05, 0) is 24.0 Å². The van der Waals surface area contributed by atoms with Crippen LogP contribution in [0.25, 0.3) is 0 Å². The number of hydrogen-bond donors (Lipinski definition) is 2. The van der Waals surface area contributed by atoms with E-state index in [-0.39, 0.29) is 12.5 Å². The molecule has 2 N–H and O–H groups in total. The van der Waals surface area contributed by atoms with Crippen LogP contribution in [0, 0.1) is 0 Å². The second-order valence-corrected chi connectivity index (χ2v) is 7.04. The van der Waals surface area contributed by atoms with Crippen LogP contribution in [0.2, 0.25) is 0 Å². The molecule has 1 aliphatic heterocycles. The number of carbonyl (C=O) groups excluding carboxylic acids is 1. The summed E-state index contributed by atoms with van der Waals surface area (Å²) in [6.07, 6.45) is 0.454. The average molecular weight is 343 g/mol. The molecular weight excluding hydrogens is 322 g/mol. The Labute approximate surface area is 146 Å². The van der Waals surface area contributed by atoms with Gasteiger partial charge in [0.25, 0.3) is 5.91 Å². The number of amides is 1. The molecule has 0 saturated carbocycles. The Morgan fingerprint density at radius 3 is 2.83 bits per heavy atom. The number of rotatable bonds is 5. The lowest BCUT2D eigenvalue weighted by molar-refractivity contribution is -0.00163. The van der Waals surface area contributed by atoms with Crippen molar-refractivity contribution >= 4 is 17.7 Å². The third kappa shape index (κ3) is 3.42. The summed E-state index contributed by atoms with van der Waals surface area (Å²) in [5.41, 5.74) is 0.276. The molecule has 1 unspecified atom stereocenters. The Kier molecular flexibility index (Phi) is 5.11. The van der Waals surface area contributed by atoms with Gasteiger partial charge in [-0.25, -0.2) is 0 Å². The van der Waals surface area contributed by atoms with Crippen molar-refractivity contribution < 1.29 is 14.6 Å². The molecule has 2 aromatic rings. The fraction of sp³-hybridized carbons (Fsp3) is 0.316. The summed E-state index contributed by atoms with van der Waals surface area (Å²) in [6, 6.07) is 15.0. The molecule has 0 radical (unpaired) electrons. The van der Waals surface area contributed by atoms with Crippen LogP contribution < -0.4 is 10.1 Å². The molecule has 1 amide bonds. The lowest BCUT2D eigenvalue weighted by Crippen LogP contribution is -2.44. The maximum absolute atomic E-state index is 12.6. The van der Waals surface area contributed by atoms with Gasteiger partial charge in [-0.3, -0.25) is 4.79 Å². The van der Waals surface area contributed by atoms with Crippen LogP contribution in [0.1, 0.15) is 29.3 Å². The highest BCUT2D eigenvalue weighted by atomic mass is 32.2. The number of thioether (sulfide) groups is 1. The van der Waals surface area contributed by atoms with Crippen LogP contribution in [0.3, 0.4) is 0 Å². The fourth-order valence-electron chi connectivity index (χ4n) is 2.88. The van der Waals surface area contributed by atoms with E-state index < -0.39 is 5.60 Å². The molecular formula is C19H21NO3S. The Bertz CT molecular complexity index is 734. The third-order valence-corrected chi connectivity index (χ3v) is 5.09. The lowest BCUT2D eigenvalue weighted by atomic mass is 9.88. The molecule has 1 aliphatic rings. The highest BCUT2D eigenvalue weighted by Crippen LogP contribution is 2.36. The smallest absolute Gasteiger partial charge is 0.252 e. The summed E-state index contributed by atoms with van der Waals surface area (Å²) in [7, 11) is 0. The van der Waals surface area contributed by atoms with E-state index in [1.165, 1.54) is 0 Å². The van der Waals surface area contributed by atoms with Crippen molar-refractivity contribution in [1.29, 1.82) is 0 Å². The molecule has 24 heavy (non-hydrogen) atoms. The first-order valence-corrected chi connectivity index (χ1v) is 9.07. The number of hydrogen-bond acceptors (Lipinski definition) is 4. The molecule has 1 atom stereocenters. The Hall–Kier alpha value is -1.98. The minimum absolute atomic E-state index is 0.163. The van der Waals surface area contributed by atoms with Crippen LogP contribution in [0.15, 0.2) is 53.4 Å². The Balaban J connectivity index is 1.76. The summed E-state index contributed by atoms with van der Waals surface area (Å²) >= 11 is 1.64. The van der Waals surface area contributed by atoms with Crippen molar-refractivity contribution in [2.75, 3.05) is 18.9 Å². The van der Waals surface area contributed by atoms with Gasteiger partial charge in [-0.15, -0.1) is 11.8 Å². The molecule has 0 saturated heterocycles. The van der Waals surface area contributed by atoms with Crippen molar-refractivity contribution in [2.45, 2.75) is 23.8 Å². The predicted molar refractivity (Wildman–Crippen MR) is 95.6 cm³/mol. The standard InChI is InChI=1S/C19H21NO3S/c1-2-24-17-10-6-3-7-14(17)18(21)20-13-19(22)11-12-23-16-9-5-4-8-15(16)19/h3-10,22H,2,11-13H2,1H3,(H,20,21). The molecule has 2 aromatic carbocycles. The van der Waals surface area contributed by atoms with Crippen LogP contribution in [0.5, 0.6) is 5.75 Å². The summed E-state index contributed by atoms with van der Waals surface area (Å²) < 4.78 is 5.59. The van der Waals surface area contributed by atoms with Crippen molar-refractivity contribution in [3.63, 3.8) is 0 Å². The quantitative estimate of drug-likeness (QED) is 0.819. The highest BCUT2D eigenvalue weighted by molar-refractivity contribution is 7.99. The van der Waals surface area contributed by atoms with Crippen molar-refractivity contribution in [2.24, 2.45) is 0 Å². The molecule has 3 rings (SSSR count). The van der Waals surface area contributed by atoms with E-state index in [2.05, 4.69) is 12.2 Å². The van der Waals surface area contributed by atoms with Gasteiger partial charge in [0, 0.05) is 16.9 Å². The van der Waals surface area contributed by atoms with Crippen LogP contribution in [0.4, 0.5) is 0 Å². The van der Waals surface area contributed by atoms with Crippen molar-refractivity contribution in [3.8, 4) is 5.75 Å². The SMILES string of the molecule is CCSc1ccccc1C(=O)NCC1(O)CCOc2ccccc21. The number of aliphatic hydroxyl groups is 1. The van der Waals surface area contributed by atoms with Crippen LogP contribution >= 0.6 is 11.8 Å². The molecule has 4 nitrogen and oxygen atoms in total. The first-order chi connectivity index (χ1) is 11.6. The topological polar surface area (TPSA) is 58.6 Å². The molecule has 0 aliphatic carbocycles. The number of nitrogens with one attached hydrogen (secondary N) is 1. The monoisotopic (exact) mass is 343 g/mol. The number of benzene rings is 2. The zero-order chi connectivity index (χ0) is 17.0. The molecule has 0 aromatic heterocycles. The molecule has 0 spiro atoms. The second kappa shape index (κ2) is 7.28. The largest absolute Gasteiger partial charge is 0.493 e. The van der Waals surface area contributed by atoms with E-state index in [1.807, 2.05) is 48.5 Å². The first kappa shape index (κ1) is 16.9. The van der Waals surface area contributed by atoms with Crippen LogP contribution in [-0.2, 0) is 5.60 Å². The van der Waals surface area contributed by atoms with Gasteiger partial charge < -0.3 is 15.2 Å². The predicted octanol–water partition coefficient (Wildman–Crippen LogP) is 3.20. The van der Waals surface area contributed by atoms with E-state index >= 15 is 0 Å². The maximum atomic E-state index is 12.6. The number of para-hydroxylation sites is 1. The van der Waals surface area contributed by atoms with E-state index in [0.717, 1.165) is 16.2 Å². The summed E-state index contributed by atoms with van der Waals surface area (Å²) in [6.45, 7) is 2.66. The zero-order valence-corrected chi connectivity index (χ0v) is 14.4. The lowest BCUT2D eigenvalue weighted by Gasteiger charge is -2.34. The van der Waals surface area contributed by atoms with E-state index in [0.29, 0.717) is 24.3 Å². The van der Waals surface area contributed by atoms with Gasteiger partial charge in [-0.1, -0.05) is 37.3 Å². The summed E-state index contributed by atoms with van der Waals surface area (Å²) in [5, 5.41) is 13.9. The summed E-state index contributed by atoms with van der Waals surface area (Å²) in [5.74, 6) is 1.42. The summed E-state index contributed by atoms with van der Waals surface area (Å²) in [4.78, 5) is 13.5. The van der Waals surface area contributed by atoms with E-state index in [1.54, 1.807) is 11.8 Å². The molecule has 0 bridgehead atoms. The van der Waals surface area contributed by atoms with Gasteiger partial charge >= 0.3 is 0 Å². The third-order valence-electron chi connectivity index (χ3n) is 4.13. The minimum Gasteiger partial charge on any atom is -0.493 e. The second-order valence-electron chi connectivity index (χ2n) is 5.74. The number of ether oxygens (including phenoxy) is 1. The molecule has 126 valence electrons. The molecule has 5 heteroatoms. The highest BCUT2D eigenvalue weighted by Gasteiger charge is 2.35. The van der Waals surface area contributed by atoms with Crippen molar-refractivity contribution in [1.82, 2.24) is 5.32 Å². The molecule has 1 heterocycles. The van der Waals surface area contributed by atoms with Crippen LogP contribution in [-0.4, -0.2) is 29.9 Å². The van der Waals surface area contributed by atoms with Gasteiger partial charge in [0.05, 0.1) is 18.7 Å². The average Bonchev–Trinajstić information content (AvgIpc) is 2.61. The fourth-order valence-corrected chi connectivity index (χ4v) is 3.68. The van der Waals surface area contributed by atoms with E-state index in [9.17, 15) is 9.90 Å². The maximum Gasteiger partial charge on any atom is 0.252 e. The van der Waals surface area contributed by atoms with E-state index in [4.69, 9.17) is 4.74 Å². The van der Waals surface area contributed by atoms with Gasteiger partial charge in [0.2, 0.25) is 0 Å². The number of fused-ring (bicyclic) bond motifs is 1. The van der Waals surface area contributed by atoms with Crippen molar-refractivity contribution in [3.05, 3.63) is 59.7 Å².